The highest BCUT2D eigenvalue weighted by Crippen LogP contribution is 2.22. The average Bonchev–Trinajstić information content (AvgIpc) is 3.11. The monoisotopic (exact) mass is 276 g/mol. The molecule has 1 fully saturated rings. The van der Waals surface area contributed by atoms with E-state index in [1.165, 1.54) is 0 Å². The maximum Gasteiger partial charge on any atom is 0.202 e. The number of aromatic nitrogens is 1. The van der Waals surface area contributed by atoms with Crippen LogP contribution in [0.4, 0.5) is 0 Å². The lowest BCUT2D eigenvalue weighted by Crippen LogP contribution is -2.54. The van der Waals surface area contributed by atoms with Gasteiger partial charge in [0.15, 0.2) is 5.76 Å². The van der Waals surface area contributed by atoms with Gasteiger partial charge in [-0.25, -0.2) is 0 Å². The van der Waals surface area contributed by atoms with Crippen molar-refractivity contribution < 1.29 is 8.94 Å². The molecular weight excluding hydrogens is 256 g/mol. The maximum absolute atomic E-state index is 5.86. The van der Waals surface area contributed by atoms with E-state index in [0.717, 1.165) is 31.9 Å². The van der Waals surface area contributed by atoms with E-state index in [-0.39, 0.29) is 0 Å². The molecule has 0 spiro atoms. The van der Waals surface area contributed by atoms with Gasteiger partial charge in [-0.1, -0.05) is 5.16 Å². The van der Waals surface area contributed by atoms with Gasteiger partial charge in [-0.3, -0.25) is 4.90 Å². The molecule has 0 aliphatic carbocycles. The van der Waals surface area contributed by atoms with Crippen LogP contribution in [0.5, 0.6) is 0 Å². The van der Waals surface area contributed by atoms with Gasteiger partial charge in [0.2, 0.25) is 5.76 Å². The lowest BCUT2D eigenvalue weighted by Gasteiger charge is -2.39. The summed E-state index contributed by atoms with van der Waals surface area (Å²) in [7, 11) is 2.13. The average molecular weight is 276 g/mol. The minimum atomic E-state index is 0.373. The van der Waals surface area contributed by atoms with Crippen LogP contribution in [0.3, 0.4) is 0 Å². The SMILES string of the molecule is CN1CCN(Cc2cc(-c3ccco3)on2)C(CN)C1. The molecule has 1 atom stereocenters. The van der Waals surface area contributed by atoms with Crippen molar-refractivity contribution in [1.29, 1.82) is 0 Å². The highest BCUT2D eigenvalue weighted by atomic mass is 16.5. The lowest BCUT2D eigenvalue weighted by atomic mass is 10.1. The molecule has 2 aromatic rings. The highest BCUT2D eigenvalue weighted by Gasteiger charge is 2.25. The number of furan rings is 1. The van der Waals surface area contributed by atoms with Gasteiger partial charge in [0.25, 0.3) is 0 Å². The van der Waals surface area contributed by atoms with Gasteiger partial charge in [-0.05, 0) is 19.2 Å². The molecule has 0 saturated carbocycles. The van der Waals surface area contributed by atoms with E-state index in [1.807, 2.05) is 18.2 Å². The Morgan fingerprint density at radius 1 is 1.40 bits per heavy atom. The van der Waals surface area contributed by atoms with Gasteiger partial charge in [0.1, 0.15) is 0 Å². The second-order valence-electron chi connectivity index (χ2n) is 5.28. The first kappa shape index (κ1) is 13.4. The number of piperazine rings is 1. The molecular formula is C14H20N4O2. The van der Waals surface area contributed by atoms with Gasteiger partial charge in [-0.15, -0.1) is 0 Å². The Morgan fingerprint density at radius 2 is 2.30 bits per heavy atom. The second kappa shape index (κ2) is 5.78. The minimum absolute atomic E-state index is 0.373. The number of hydrogen-bond acceptors (Lipinski definition) is 6. The Kier molecular flexibility index (Phi) is 3.86. The third kappa shape index (κ3) is 2.77. The van der Waals surface area contributed by atoms with E-state index in [1.54, 1.807) is 6.26 Å². The molecule has 6 heteroatoms. The predicted molar refractivity (Wildman–Crippen MR) is 75.0 cm³/mol. The fraction of sp³-hybridized carbons (Fsp3) is 0.500. The lowest BCUT2D eigenvalue weighted by molar-refractivity contribution is 0.0860. The first-order chi connectivity index (χ1) is 9.76. The molecule has 6 nitrogen and oxygen atoms in total. The van der Waals surface area contributed by atoms with Crippen LogP contribution in [0.1, 0.15) is 5.69 Å². The van der Waals surface area contributed by atoms with Crippen LogP contribution in [0.15, 0.2) is 33.4 Å². The molecule has 1 unspecified atom stereocenters. The van der Waals surface area contributed by atoms with Gasteiger partial charge in [-0.2, -0.15) is 0 Å². The van der Waals surface area contributed by atoms with E-state index in [0.29, 0.717) is 24.1 Å². The summed E-state index contributed by atoms with van der Waals surface area (Å²) < 4.78 is 10.6. The molecule has 2 aromatic heterocycles. The third-order valence-corrected chi connectivity index (χ3v) is 3.77. The Bertz CT molecular complexity index is 537. The Hall–Kier alpha value is -1.63. The predicted octanol–water partition coefficient (Wildman–Crippen LogP) is 1.01. The highest BCUT2D eigenvalue weighted by molar-refractivity contribution is 5.49. The van der Waals surface area contributed by atoms with Gasteiger partial charge in [0.05, 0.1) is 12.0 Å². The number of nitrogens with two attached hydrogens (primary N) is 1. The molecule has 1 saturated heterocycles. The summed E-state index contributed by atoms with van der Waals surface area (Å²) in [5.74, 6) is 1.38. The summed E-state index contributed by atoms with van der Waals surface area (Å²) in [5.41, 5.74) is 6.78. The van der Waals surface area contributed by atoms with E-state index in [4.69, 9.17) is 14.7 Å². The first-order valence-corrected chi connectivity index (χ1v) is 6.88. The fourth-order valence-corrected chi connectivity index (χ4v) is 2.61. The number of likely N-dealkylation sites (N-methyl/N-ethyl adjacent to an activating group) is 1. The smallest absolute Gasteiger partial charge is 0.202 e. The molecule has 0 radical (unpaired) electrons. The van der Waals surface area contributed by atoms with Crippen molar-refractivity contribution in [1.82, 2.24) is 15.0 Å². The van der Waals surface area contributed by atoms with Crippen LogP contribution in [-0.2, 0) is 6.54 Å². The van der Waals surface area contributed by atoms with Gasteiger partial charge in [0, 0.05) is 44.8 Å². The number of hydrogen-bond donors (Lipinski definition) is 1. The molecule has 20 heavy (non-hydrogen) atoms. The van der Waals surface area contributed by atoms with Crippen LogP contribution >= 0.6 is 0 Å². The quantitative estimate of drug-likeness (QED) is 0.898. The summed E-state index contributed by atoms with van der Waals surface area (Å²) >= 11 is 0. The normalized spacial score (nSPS) is 21.4. The zero-order valence-corrected chi connectivity index (χ0v) is 11.7. The first-order valence-electron chi connectivity index (χ1n) is 6.88. The van der Waals surface area contributed by atoms with Crippen molar-refractivity contribution in [2.45, 2.75) is 12.6 Å². The van der Waals surface area contributed by atoms with Crippen molar-refractivity contribution >= 4 is 0 Å². The number of rotatable bonds is 4. The van der Waals surface area contributed by atoms with Crippen molar-refractivity contribution in [2.24, 2.45) is 5.73 Å². The zero-order chi connectivity index (χ0) is 13.9. The van der Waals surface area contributed by atoms with E-state index < -0.39 is 0 Å². The molecule has 3 heterocycles. The molecule has 0 bridgehead atoms. The topological polar surface area (TPSA) is 71.7 Å². The molecule has 0 amide bonds. The molecule has 1 aliphatic rings. The Balaban J connectivity index is 1.68. The van der Waals surface area contributed by atoms with Gasteiger partial charge >= 0.3 is 0 Å². The standard InChI is InChI=1S/C14H20N4O2/c1-17-4-5-18(12(8-15)10-17)9-11-7-14(20-16-11)13-3-2-6-19-13/h2-3,6-7,12H,4-5,8-10,15H2,1H3. The fourth-order valence-electron chi connectivity index (χ4n) is 2.61. The Morgan fingerprint density at radius 3 is 3.05 bits per heavy atom. The van der Waals surface area contributed by atoms with Crippen LogP contribution in [0, 0.1) is 0 Å². The van der Waals surface area contributed by atoms with E-state index in [9.17, 15) is 0 Å². The largest absolute Gasteiger partial charge is 0.461 e. The van der Waals surface area contributed by atoms with Gasteiger partial charge < -0.3 is 19.6 Å². The summed E-state index contributed by atoms with van der Waals surface area (Å²) in [6.07, 6.45) is 1.63. The summed E-state index contributed by atoms with van der Waals surface area (Å²) in [4.78, 5) is 4.68. The molecule has 1 aliphatic heterocycles. The van der Waals surface area contributed by atoms with E-state index >= 15 is 0 Å². The third-order valence-electron chi connectivity index (χ3n) is 3.77. The zero-order valence-electron chi connectivity index (χ0n) is 11.7. The number of nitrogens with zero attached hydrogens (tertiary/aromatic N) is 3. The van der Waals surface area contributed by atoms with Crippen molar-refractivity contribution in [3.05, 3.63) is 30.2 Å². The van der Waals surface area contributed by atoms with E-state index in [2.05, 4.69) is 22.0 Å². The van der Waals surface area contributed by atoms with Crippen LogP contribution in [0.25, 0.3) is 11.5 Å². The summed E-state index contributed by atoms with van der Waals surface area (Å²) in [6, 6.07) is 6.01. The van der Waals surface area contributed by atoms with Crippen molar-refractivity contribution in [3.63, 3.8) is 0 Å². The summed E-state index contributed by atoms with van der Waals surface area (Å²) in [5, 5.41) is 4.12. The molecule has 3 rings (SSSR count). The molecule has 108 valence electrons. The van der Waals surface area contributed by atoms with Crippen LogP contribution in [-0.4, -0.2) is 54.2 Å². The van der Waals surface area contributed by atoms with Crippen LogP contribution in [0.2, 0.25) is 0 Å². The van der Waals surface area contributed by atoms with Crippen molar-refractivity contribution in [3.8, 4) is 11.5 Å². The second-order valence-corrected chi connectivity index (χ2v) is 5.28. The maximum atomic E-state index is 5.86. The Labute approximate surface area is 118 Å². The molecule has 0 aromatic carbocycles. The van der Waals surface area contributed by atoms with Crippen molar-refractivity contribution in [2.75, 3.05) is 33.2 Å². The van der Waals surface area contributed by atoms with Crippen LogP contribution < -0.4 is 5.73 Å². The molecule has 2 N–H and O–H groups in total. The minimum Gasteiger partial charge on any atom is -0.461 e. The summed E-state index contributed by atoms with van der Waals surface area (Å²) in [6.45, 7) is 4.48.